The van der Waals surface area contributed by atoms with Gasteiger partial charge in [-0.3, -0.25) is 4.90 Å². The van der Waals surface area contributed by atoms with Crippen LogP contribution in [0.2, 0.25) is 0 Å². The van der Waals surface area contributed by atoms with Crippen molar-refractivity contribution in [3.8, 4) is 0 Å². The molecule has 1 N–H and O–H groups in total. The Morgan fingerprint density at radius 2 is 1.89 bits per heavy atom. The van der Waals surface area contributed by atoms with Crippen LogP contribution in [0.25, 0.3) is 0 Å². The summed E-state index contributed by atoms with van der Waals surface area (Å²) in [5, 5.41) is 10.8. The molecule has 106 valence electrons. The molecule has 3 heteroatoms. The second-order valence-electron chi connectivity index (χ2n) is 6.42. The Bertz CT molecular complexity index is 257. The molecule has 3 nitrogen and oxygen atoms in total. The van der Waals surface area contributed by atoms with Crippen molar-refractivity contribution in [3.63, 3.8) is 0 Å². The third-order valence-electron chi connectivity index (χ3n) is 5.22. The topological polar surface area (TPSA) is 26.7 Å². The second-order valence-corrected chi connectivity index (χ2v) is 6.42. The minimum absolute atomic E-state index is 0.136. The predicted molar refractivity (Wildman–Crippen MR) is 75.7 cm³/mol. The van der Waals surface area contributed by atoms with E-state index in [-0.39, 0.29) is 6.10 Å². The lowest BCUT2D eigenvalue weighted by atomic mass is 9.73. The van der Waals surface area contributed by atoms with E-state index in [0.29, 0.717) is 12.0 Å². The second kappa shape index (κ2) is 6.36. The van der Waals surface area contributed by atoms with Gasteiger partial charge in [0.25, 0.3) is 0 Å². The molecular formula is C15H30N2O. The Balaban J connectivity index is 2.01. The van der Waals surface area contributed by atoms with Crippen LogP contribution in [-0.4, -0.2) is 60.8 Å². The Hall–Kier alpha value is -0.120. The Kier molecular flexibility index (Phi) is 5.05. The largest absolute Gasteiger partial charge is 0.391 e. The highest BCUT2D eigenvalue weighted by atomic mass is 16.3. The number of piperazine rings is 1. The minimum atomic E-state index is -0.136. The van der Waals surface area contributed by atoms with Crippen LogP contribution >= 0.6 is 0 Å². The first-order chi connectivity index (χ1) is 8.63. The van der Waals surface area contributed by atoms with E-state index in [4.69, 9.17) is 0 Å². The molecule has 1 aliphatic carbocycles. The summed E-state index contributed by atoms with van der Waals surface area (Å²) in [7, 11) is 4.34. The van der Waals surface area contributed by atoms with Crippen molar-refractivity contribution in [2.75, 3.05) is 33.7 Å². The van der Waals surface area contributed by atoms with Gasteiger partial charge in [0.05, 0.1) is 6.10 Å². The fourth-order valence-corrected chi connectivity index (χ4v) is 3.89. The van der Waals surface area contributed by atoms with Gasteiger partial charge in [-0.05, 0) is 32.4 Å². The molecule has 0 aromatic carbocycles. The number of hydrogen-bond acceptors (Lipinski definition) is 3. The van der Waals surface area contributed by atoms with Crippen LogP contribution in [-0.2, 0) is 0 Å². The van der Waals surface area contributed by atoms with Crippen LogP contribution in [0.3, 0.4) is 0 Å². The van der Waals surface area contributed by atoms with E-state index in [2.05, 4.69) is 30.8 Å². The normalized spacial score (nSPS) is 37.7. The molecule has 18 heavy (non-hydrogen) atoms. The maximum atomic E-state index is 10.8. The van der Waals surface area contributed by atoms with Gasteiger partial charge in [-0.25, -0.2) is 0 Å². The predicted octanol–water partition coefficient (Wildman–Crippen LogP) is 1.81. The van der Waals surface area contributed by atoms with Gasteiger partial charge in [-0.1, -0.05) is 32.6 Å². The maximum absolute atomic E-state index is 10.8. The highest BCUT2D eigenvalue weighted by Crippen LogP contribution is 2.36. The van der Waals surface area contributed by atoms with E-state index >= 15 is 0 Å². The molecule has 0 spiro atoms. The van der Waals surface area contributed by atoms with Crippen LogP contribution in [0.1, 0.15) is 39.0 Å². The summed E-state index contributed by atoms with van der Waals surface area (Å²) in [6.07, 6.45) is 6.32. The molecule has 1 saturated carbocycles. The van der Waals surface area contributed by atoms with Crippen molar-refractivity contribution in [1.82, 2.24) is 9.80 Å². The molecular weight excluding hydrogens is 224 g/mol. The first-order valence-electron chi connectivity index (χ1n) is 7.70. The SMILES string of the molecule is CCC1CCCCC1C(O)C1CN(C)CCN1C. The lowest BCUT2D eigenvalue weighted by Gasteiger charge is -2.45. The summed E-state index contributed by atoms with van der Waals surface area (Å²) in [6.45, 7) is 5.51. The summed E-state index contributed by atoms with van der Waals surface area (Å²) in [5.74, 6) is 1.28. The molecule has 4 atom stereocenters. The van der Waals surface area contributed by atoms with Crippen molar-refractivity contribution in [2.24, 2.45) is 11.8 Å². The van der Waals surface area contributed by atoms with Crippen LogP contribution in [0.15, 0.2) is 0 Å². The van der Waals surface area contributed by atoms with Gasteiger partial charge in [0.15, 0.2) is 0 Å². The molecule has 1 heterocycles. The van der Waals surface area contributed by atoms with E-state index in [0.717, 1.165) is 25.6 Å². The zero-order valence-corrected chi connectivity index (χ0v) is 12.3. The monoisotopic (exact) mass is 254 g/mol. The van der Waals surface area contributed by atoms with Crippen LogP contribution in [0.4, 0.5) is 0 Å². The number of nitrogens with zero attached hydrogens (tertiary/aromatic N) is 2. The Morgan fingerprint density at radius 3 is 2.61 bits per heavy atom. The fraction of sp³-hybridized carbons (Fsp3) is 1.00. The smallest absolute Gasteiger partial charge is 0.0738 e. The van der Waals surface area contributed by atoms with Gasteiger partial charge in [0.2, 0.25) is 0 Å². The fourth-order valence-electron chi connectivity index (χ4n) is 3.89. The van der Waals surface area contributed by atoms with Crippen LogP contribution < -0.4 is 0 Å². The van der Waals surface area contributed by atoms with Gasteiger partial charge in [-0.2, -0.15) is 0 Å². The summed E-state index contributed by atoms with van der Waals surface area (Å²) in [5.41, 5.74) is 0. The lowest BCUT2D eigenvalue weighted by molar-refractivity contribution is -0.0414. The van der Waals surface area contributed by atoms with Crippen molar-refractivity contribution in [2.45, 2.75) is 51.2 Å². The van der Waals surface area contributed by atoms with E-state index < -0.39 is 0 Å². The quantitative estimate of drug-likeness (QED) is 0.832. The summed E-state index contributed by atoms with van der Waals surface area (Å²) < 4.78 is 0. The van der Waals surface area contributed by atoms with Crippen molar-refractivity contribution >= 4 is 0 Å². The number of hydrogen-bond donors (Lipinski definition) is 1. The van der Waals surface area contributed by atoms with Crippen molar-refractivity contribution in [3.05, 3.63) is 0 Å². The van der Waals surface area contributed by atoms with Crippen molar-refractivity contribution < 1.29 is 5.11 Å². The van der Waals surface area contributed by atoms with Gasteiger partial charge in [0.1, 0.15) is 0 Å². The molecule has 2 fully saturated rings. The minimum Gasteiger partial charge on any atom is -0.391 e. The highest BCUT2D eigenvalue weighted by molar-refractivity contribution is 4.91. The zero-order chi connectivity index (χ0) is 13.1. The van der Waals surface area contributed by atoms with Crippen LogP contribution in [0, 0.1) is 11.8 Å². The van der Waals surface area contributed by atoms with Gasteiger partial charge >= 0.3 is 0 Å². The molecule has 2 aliphatic rings. The van der Waals surface area contributed by atoms with Crippen LogP contribution in [0.5, 0.6) is 0 Å². The highest BCUT2D eigenvalue weighted by Gasteiger charge is 2.37. The average molecular weight is 254 g/mol. The van der Waals surface area contributed by atoms with E-state index in [1.165, 1.54) is 32.1 Å². The Morgan fingerprint density at radius 1 is 1.17 bits per heavy atom. The third kappa shape index (κ3) is 3.06. The molecule has 4 unspecified atom stereocenters. The average Bonchev–Trinajstić information content (AvgIpc) is 2.40. The van der Waals surface area contributed by atoms with E-state index in [1.807, 2.05) is 0 Å². The zero-order valence-electron chi connectivity index (χ0n) is 12.3. The number of likely N-dealkylation sites (N-methyl/N-ethyl adjacent to an activating group) is 2. The molecule has 0 aromatic rings. The van der Waals surface area contributed by atoms with E-state index in [1.54, 1.807) is 0 Å². The number of aliphatic hydroxyl groups excluding tert-OH is 1. The number of aliphatic hydroxyl groups is 1. The van der Waals surface area contributed by atoms with E-state index in [9.17, 15) is 5.11 Å². The molecule has 0 radical (unpaired) electrons. The maximum Gasteiger partial charge on any atom is 0.0738 e. The van der Waals surface area contributed by atoms with Gasteiger partial charge < -0.3 is 10.0 Å². The molecule has 1 aliphatic heterocycles. The summed E-state index contributed by atoms with van der Waals surface area (Å²) in [4.78, 5) is 4.73. The standard InChI is InChI=1S/C15H30N2O/c1-4-12-7-5-6-8-13(12)15(18)14-11-16(2)9-10-17(14)3/h12-15,18H,4-11H2,1-3H3. The number of rotatable bonds is 3. The lowest BCUT2D eigenvalue weighted by Crippen LogP contribution is -2.57. The first-order valence-corrected chi connectivity index (χ1v) is 7.70. The molecule has 0 amide bonds. The summed E-state index contributed by atoms with van der Waals surface area (Å²) >= 11 is 0. The first kappa shape index (κ1) is 14.3. The third-order valence-corrected chi connectivity index (χ3v) is 5.22. The Labute approximate surface area is 112 Å². The summed E-state index contributed by atoms with van der Waals surface area (Å²) in [6, 6.07) is 0.334. The van der Waals surface area contributed by atoms with Crippen molar-refractivity contribution in [1.29, 1.82) is 0 Å². The van der Waals surface area contributed by atoms with Gasteiger partial charge in [-0.15, -0.1) is 0 Å². The molecule has 0 aromatic heterocycles. The molecule has 2 rings (SSSR count). The van der Waals surface area contributed by atoms with Gasteiger partial charge in [0, 0.05) is 25.7 Å². The molecule has 1 saturated heterocycles. The molecule has 0 bridgehead atoms.